The van der Waals surface area contributed by atoms with Gasteiger partial charge in [-0.3, -0.25) is 9.36 Å². The molecule has 2 aromatic heterocycles. The third-order valence-electron chi connectivity index (χ3n) is 5.68. The molecule has 0 unspecified atom stereocenters. The minimum Gasteiger partial charge on any atom is -0.490 e. The van der Waals surface area contributed by atoms with E-state index in [1.165, 1.54) is 10.9 Å². The smallest absolute Gasteiger partial charge is 0.261 e. The van der Waals surface area contributed by atoms with E-state index in [0.29, 0.717) is 17.4 Å². The molecule has 0 saturated heterocycles. The van der Waals surface area contributed by atoms with Gasteiger partial charge in [0.15, 0.2) is 0 Å². The van der Waals surface area contributed by atoms with E-state index in [0.717, 1.165) is 28.8 Å². The highest BCUT2D eigenvalue weighted by molar-refractivity contribution is 5.85. The number of hydrogen-bond donors (Lipinski definition) is 1. The average molecular weight is 424 g/mol. The van der Waals surface area contributed by atoms with E-state index in [1.807, 2.05) is 74.6 Å². The lowest BCUT2D eigenvalue weighted by Gasteiger charge is -2.14. The van der Waals surface area contributed by atoms with E-state index in [-0.39, 0.29) is 11.7 Å². The van der Waals surface area contributed by atoms with Crippen molar-refractivity contribution in [1.29, 1.82) is 0 Å². The monoisotopic (exact) mass is 423 g/mol. The number of benzene rings is 3. The Morgan fingerprint density at radius 2 is 1.81 bits per heavy atom. The summed E-state index contributed by atoms with van der Waals surface area (Å²) in [4.78, 5) is 21.1. The van der Waals surface area contributed by atoms with Gasteiger partial charge in [-0.15, -0.1) is 0 Å². The second kappa shape index (κ2) is 8.35. The molecule has 1 N–H and O–H groups in total. The minimum atomic E-state index is -0.0287. The maximum Gasteiger partial charge on any atom is 0.261 e. The zero-order valence-corrected chi connectivity index (χ0v) is 18.2. The van der Waals surface area contributed by atoms with Crippen LogP contribution >= 0.6 is 0 Å². The van der Waals surface area contributed by atoms with Gasteiger partial charge in [0.2, 0.25) is 0 Å². The molecule has 0 atom stereocenters. The summed E-state index contributed by atoms with van der Waals surface area (Å²) in [5.74, 6) is 0.811. The van der Waals surface area contributed by atoms with Crippen molar-refractivity contribution in [3.8, 4) is 16.9 Å². The van der Waals surface area contributed by atoms with Gasteiger partial charge in [-0.2, -0.15) is 0 Å². The number of aromatic amines is 1. The van der Waals surface area contributed by atoms with Crippen LogP contribution in [0.5, 0.6) is 5.75 Å². The molecule has 5 rings (SSSR count). The molecule has 0 fully saturated rings. The first-order chi connectivity index (χ1) is 15.6. The molecule has 0 radical (unpaired) electrons. The molecule has 0 saturated carbocycles. The largest absolute Gasteiger partial charge is 0.490 e. The van der Waals surface area contributed by atoms with Crippen LogP contribution in [0, 0.1) is 0 Å². The number of nitrogens with zero attached hydrogens (tertiary/aromatic N) is 2. The zero-order chi connectivity index (χ0) is 22.1. The molecule has 2 heterocycles. The molecule has 0 spiro atoms. The first-order valence-electron chi connectivity index (χ1n) is 10.9. The molecular weight excluding hydrogens is 398 g/mol. The van der Waals surface area contributed by atoms with E-state index < -0.39 is 0 Å². The first kappa shape index (κ1) is 20.1. The highest BCUT2D eigenvalue weighted by Crippen LogP contribution is 2.31. The van der Waals surface area contributed by atoms with E-state index >= 15 is 0 Å². The van der Waals surface area contributed by atoms with Crippen LogP contribution in [-0.2, 0) is 13.0 Å². The summed E-state index contributed by atoms with van der Waals surface area (Å²) >= 11 is 0. The van der Waals surface area contributed by atoms with Crippen molar-refractivity contribution in [2.75, 3.05) is 0 Å². The Bertz CT molecular complexity index is 1460. The molecule has 5 nitrogen and oxygen atoms in total. The van der Waals surface area contributed by atoms with Crippen LogP contribution in [0.4, 0.5) is 0 Å². The van der Waals surface area contributed by atoms with Crippen molar-refractivity contribution in [3.05, 3.63) is 95.2 Å². The van der Waals surface area contributed by atoms with Gasteiger partial charge in [0.05, 0.1) is 23.3 Å². The van der Waals surface area contributed by atoms with Crippen LogP contribution in [0.3, 0.4) is 0 Å². The van der Waals surface area contributed by atoms with Crippen molar-refractivity contribution < 1.29 is 4.74 Å². The lowest BCUT2D eigenvalue weighted by molar-refractivity contribution is 0.243. The number of aryl methyl sites for hydroxylation is 2. The predicted molar refractivity (Wildman–Crippen MR) is 129 cm³/mol. The molecule has 3 aromatic carbocycles. The summed E-state index contributed by atoms with van der Waals surface area (Å²) in [5, 5.41) is 1.81. The van der Waals surface area contributed by atoms with Crippen LogP contribution < -0.4 is 10.3 Å². The van der Waals surface area contributed by atoms with E-state index in [1.54, 1.807) is 10.9 Å². The fourth-order valence-corrected chi connectivity index (χ4v) is 4.13. The highest BCUT2D eigenvalue weighted by atomic mass is 16.5. The molecule has 0 bridgehead atoms. The zero-order valence-electron chi connectivity index (χ0n) is 18.2. The molecule has 0 aliphatic carbocycles. The van der Waals surface area contributed by atoms with Gasteiger partial charge in [-0.1, -0.05) is 42.5 Å². The van der Waals surface area contributed by atoms with Gasteiger partial charge in [0.25, 0.3) is 5.56 Å². The topological polar surface area (TPSA) is 59.9 Å². The van der Waals surface area contributed by atoms with Gasteiger partial charge in [0, 0.05) is 29.2 Å². The number of H-pyrrole nitrogens is 1. The number of nitrogens with one attached hydrogen (secondary N) is 1. The third kappa shape index (κ3) is 3.78. The normalized spacial score (nSPS) is 11.5. The third-order valence-corrected chi connectivity index (χ3v) is 5.68. The first-order valence-corrected chi connectivity index (χ1v) is 10.9. The van der Waals surface area contributed by atoms with Crippen molar-refractivity contribution in [3.63, 3.8) is 0 Å². The summed E-state index contributed by atoms with van der Waals surface area (Å²) in [6.45, 7) is 4.59. The van der Waals surface area contributed by atoms with Crippen molar-refractivity contribution >= 4 is 21.8 Å². The second-order valence-corrected chi connectivity index (χ2v) is 8.25. The van der Waals surface area contributed by atoms with Gasteiger partial charge in [-0.25, -0.2) is 4.98 Å². The van der Waals surface area contributed by atoms with Crippen LogP contribution in [0.15, 0.2) is 84.0 Å². The minimum absolute atomic E-state index is 0.0287. The quantitative estimate of drug-likeness (QED) is 0.388. The van der Waals surface area contributed by atoms with Gasteiger partial charge >= 0.3 is 0 Å². The standard InChI is InChI=1S/C27H25N3O2/c1-18(2)32-26-10-6-4-8-22(26)19-11-12-25-23(15-19)27(31)30(17-29-25)14-13-20-16-28-24-9-5-3-7-21(20)24/h3-12,15-18,28H,13-14H2,1-2H3. The average Bonchev–Trinajstić information content (AvgIpc) is 3.22. The summed E-state index contributed by atoms with van der Waals surface area (Å²) in [7, 11) is 0. The second-order valence-electron chi connectivity index (χ2n) is 8.25. The lowest BCUT2D eigenvalue weighted by Crippen LogP contribution is -2.21. The molecule has 0 aliphatic heterocycles. The van der Waals surface area contributed by atoms with E-state index in [9.17, 15) is 4.79 Å². The number of para-hydroxylation sites is 2. The fourth-order valence-electron chi connectivity index (χ4n) is 4.13. The Kier molecular flexibility index (Phi) is 5.23. The van der Waals surface area contributed by atoms with Crippen LogP contribution in [0.25, 0.3) is 32.9 Å². The predicted octanol–water partition coefficient (Wildman–Crippen LogP) is 5.57. The molecule has 5 aromatic rings. The molecule has 0 amide bonds. The Hall–Kier alpha value is -3.86. The summed E-state index contributed by atoms with van der Waals surface area (Å²) in [5.41, 5.74) is 4.89. The molecule has 160 valence electrons. The van der Waals surface area contributed by atoms with E-state index in [4.69, 9.17) is 4.74 Å². The summed E-state index contributed by atoms with van der Waals surface area (Å²) < 4.78 is 7.68. The summed E-state index contributed by atoms with van der Waals surface area (Å²) in [6.07, 6.45) is 4.49. The van der Waals surface area contributed by atoms with Gasteiger partial charge in [0.1, 0.15) is 5.75 Å². The number of fused-ring (bicyclic) bond motifs is 2. The lowest BCUT2D eigenvalue weighted by atomic mass is 10.0. The Morgan fingerprint density at radius 1 is 1.00 bits per heavy atom. The molecular formula is C27H25N3O2. The van der Waals surface area contributed by atoms with Gasteiger partial charge < -0.3 is 9.72 Å². The number of ether oxygens (including phenoxy) is 1. The Morgan fingerprint density at radius 3 is 2.69 bits per heavy atom. The maximum absolute atomic E-state index is 13.3. The van der Waals surface area contributed by atoms with Crippen LogP contribution in [0.2, 0.25) is 0 Å². The van der Waals surface area contributed by atoms with Crippen LogP contribution in [-0.4, -0.2) is 20.6 Å². The van der Waals surface area contributed by atoms with Crippen molar-refractivity contribution in [2.45, 2.75) is 32.9 Å². The molecule has 0 aliphatic rings. The van der Waals surface area contributed by atoms with Gasteiger partial charge in [-0.05, 0) is 55.7 Å². The number of aromatic nitrogens is 3. The maximum atomic E-state index is 13.3. The highest BCUT2D eigenvalue weighted by Gasteiger charge is 2.11. The van der Waals surface area contributed by atoms with Crippen LogP contribution in [0.1, 0.15) is 19.4 Å². The number of rotatable bonds is 6. The Balaban J connectivity index is 1.49. The van der Waals surface area contributed by atoms with Crippen molar-refractivity contribution in [1.82, 2.24) is 14.5 Å². The fraction of sp³-hybridized carbons (Fsp3) is 0.185. The molecule has 5 heteroatoms. The Labute approximate surface area is 186 Å². The number of hydrogen-bond acceptors (Lipinski definition) is 3. The summed E-state index contributed by atoms with van der Waals surface area (Å²) in [6, 6.07) is 22.0. The van der Waals surface area contributed by atoms with E-state index in [2.05, 4.69) is 22.1 Å². The van der Waals surface area contributed by atoms with Crippen molar-refractivity contribution in [2.24, 2.45) is 0 Å². The molecule has 32 heavy (non-hydrogen) atoms. The SMILES string of the molecule is CC(C)Oc1ccccc1-c1ccc2ncn(CCc3c[nH]c4ccccc34)c(=O)c2c1.